The highest BCUT2D eigenvalue weighted by molar-refractivity contribution is 5.47. The van der Waals surface area contributed by atoms with Crippen LogP contribution in [-0.4, -0.2) is 12.8 Å². The van der Waals surface area contributed by atoms with E-state index in [0.29, 0.717) is 0 Å². The summed E-state index contributed by atoms with van der Waals surface area (Å²) in [6.07, 6.45) is 0.00204. The first-order chi connectivity index (χ1) is 9.63. The van der Waals surface area contributed by atoms with Gasteiger partial charge in [0.2, 0.25) is 0 Å². The minimum Gasteiger partial charge on any atom is -0.470 e. The number of rotatable bonds is 5. The molecule has 0 saturated heterocycles. The fraction of sp³-hybridized carbons (Fsp3) is 0.333. The Bertz CT molecular complexity index is 530. The molecule has 1 atom stereocenters. The molecule has 20 heavy (non-hydrogen) atoms. The van der Waals surface area contributed by atoms with Gasteiger partial charge in [-0.1, -0.05) is 36.4 Å². The predicted molar refractivity (Wildman–Crippen MR) is 85.5 cm³/mol. The molecule has 106 valence electrons. The standard InChI is InChI=1S/C18H23NO/c1-5-19(17-12-7-6-8-13-17)16(4)20-18-14(2)10-9-11-15(18)3/h6-13,16H,5H2,1-4H3. The van der Waals surface area contributed by atoms with Gasteiger partial charge in [-0.3, -0.25) is 0 Å². The van der Waals surface area contributed by atoms with Crippen LogP contribution >= 0.6 is 0 Å². The lowest BCUT2D eigenvalue weighted by Crippen LogP contribution is -2.37. The van der Waals surface area contributed by atoms with E-state index in [1.54, 1.807) is 0 Å². The fourth-order valence-corrected chi connectivity index (χ4v) is 2.49. The minimum absolute atomic E-state index is 0.00204. The fourth-order valence-electron chi connectivity index (χ4n) is 2.49. The first kappa shape index (κ1) is 14.4. The van der Waals surface area contributed by atoms with Crippen molar-refractivity contribution in [1.82, 2.24) is 0 Å². The van der Waals surface area contributed by atoms with Crippen molar-refractivity contribution in [3.05, 3.63) is 59.7 Å². The molecule has 0 saturated carbocycles. The molecule has 0 aromatic heterocycles. The van der Waals surface area contributed by atoms with Gasteiger partial charge in [0.15, 0.2) is 6.23 Å². The Morgan fingerprint density at radius 2 is 1.55 bits per heavy atom. The Labute approximate surface area is 122 Å². The average molecular weight is 269 g/mol. The second kappa shape index (κ2) is 6.47. The third kappa shape index (κ3) is 3.13. The second-order valence-corrected chi connectivity index (χ2v) is 5.06. The van der Waals surface area contributed by atoms with Crippen molar-refractivity contribution < 1.29 is 4.74 Å². The van der Waals surface area contributed by atoms with Crippen LogP contribution in [0.2, 0.25) is 0 Å². The third-order valence-corrected chi connectivity index (χ3v) is 3.56. The smallest absolute Gasteiger partial charge is 0.169 e. The maximum absolute atomic E-state index is 6.21. The van der Waals surface area contributed by atoms with Crippen LogP contribution in [0.4, 0.5) is 5.69 Å². The lowest BCUT2D eigenvalue weighted by Gasteiger charge is -2.31. The van der Waals surface area contributed by atoms with E-state index in [9.17, 15) is 0 Å². The van der Waals surface area contributed by atoms with Gasteiger partial charge in [0.1, 0.15) is 5.75 Å². The van der Waals surface area contributed by atoms with Gasteiger partial charge >= 0.3 is 0 Å². The molecule has 2 heteroatoms. The van der Waals surface area contributed by atoms with Crippen molar-refractivity contribution in [2.45, 2.75) is 33.9 Å². The first-order valence-corrected chi connectivity index (χ1v) is 7.18. The maximum Gasteiger partial charge on any atom is 0.169 e. The molecule has 0 aliphatic heterocycles. The van der Waals surface area contributed by atoms with E-state index in [0.717, 1.165) is 12.3 Å². The number of aryl methyl sites for hydroxylation is 2. The number of ether oxygens (including phenoxy) is 1. The number of para-hydroxylation sites is 2. The summed E-state index contributed by atoms with van der Waals surface area (Å²) in [5.41, 5.74) is 3.55. The van der Waals surface area contributed by atoms with E-state index in [1.165, 1.54) is 16.8 Å². The van der Waals surface area contributed by atoms with Crippen LogP contribution in [0.15, 0.2) is 48.5 Å². The molecule has 0 radical (unpaired) electrons. The molecule has 0 aliphatic carbocycles. The Hall–Kier alpha value is -1.96. The summed E-state index contributed by atoms with van der Waals surface area (Å²) in [6.45, 7) is 9.35. The van der Waals surface area contributed by atoms with Gasteiger partial charge in [0.25, 0.3) is 0 Å². The summed E-state index contributed by atoms with van der Waals surface area (Å²) in [5.74, 6) is 0.995. The van der Waals surface area contributed by atoms with Crippen LogP contribution < -0.4 is 9.64 Å². The van der Waals surface area contributed by atoms with Crippen molar-refractivity contribution in [2.75, 3.05) is 11.4 Å². The zero-order valence-electron chi connectivity index (χ0n) is 12.8. The molecule has 2 nitrogen and oxygen atoms in total. The Kier molecular flexibility index (Phi) is 4.67. The summed E-state index contributed by atoms with van der Waals surface area (Å²) in [7, 11) is 0. The lowest BCUT2D eigenvalue weighted by molar-refractivity contribution is 0.213. The molecule has 0 heterocycles. The molecular weight excluding hydrogens is 246 g/mol. The normalized spacial score (nSPS) is 12.0. The molecule has 0 amide bonds. The molecule has 2 aromatic carbocycles. The van der Waals surface area contributed by atoms with Gasteiger partial charge in [0, 0.05) is 12.2 Å². The van der Waals surface area contributed by atoms with Crippen molar-refractivity contribution in [3.63, 3.8) is 0 Å². The monoisotopic (exact) mass is 269 g/mol. The van der Waals surface area contributed by atoms with Crippen LogP contribution in [0.25, 0.3) is 0 Å². The Balaban J connectivity index is 2.20. The Morgan fingerprint density at radius 3 is 2.10 bits per heavy atom. The molecule has 0 spiro atoms. The number of hydrogen-bond donors (Lipinski definition) is 0. The molecular formula is C18H23NO. The van der Waals surface area contributed by atoms with E-state index in [1.807, 2.05) is 6.07 Å². The molecule has 2 rings (SSSR count). The van der Waals surface area contributed by atoms with Gasteiger partial charge in [-0.25, -0.2) is 0 Å². The lowest BCUT2D eigenvalue weighted by atomic mass is 10.1. The van der Waals surface area contributed by atoms with E-state index in [-0.39, 0.29) is 6.23 Å². The topological polar surface area (TPSA) is 12.5 Å². The SMILES string of the molecule is CCN(c1ccccc1)C(C)Oc1c(C)cccc1C. The van der Waals surface area contributed by atoms with E-state index < -0.39 is 0 Å². The van der Waals surface area contributed by atoms with Crippen molar-refractivity contribution in [2.24, 2.45) is 0 Å². The quantitative estimate of drug-likeness (QED) is 0.738. The first-order valence-electron chi connectivity index (χ1n) is 7.18. The summed E-state index contributed by atoms with van der Waals surface area (Å²) in [6, 6.07) is 16.6. The van der Waals surface area contributed by atoms with Crippen LogP contribution in [0.3, 0.4) is 0 Å². The molecule has 1 unspecified atom stereocenters. The number of hydrogen-bond acceptors (Lipinski definition) is 2. The summed E-state index contributed by atoms with van der Waals surface area (Å²) < 4.78 is 6.21. The van der Waals surface area contributed by atoms with Crippen LogP contribution in [0.1, 0.15) is 25.0 Å². The highest BCUT2D eigenvalue weighted by Crippen LogP contribution is 2.25. The average Bonchev–Trinajstić information content (AvgIpc) is 2.45. The largest absolute Gasteiger partial charge is 0.470 e. The predicted octanol–water partition coefficient (Wildman–Crippen LogP) is 4.55. The van der Waals surface area contributed by atoms with Crippen LogP contribution in [0.5, 0.6) is 5.75 Å². The summed E-state index contributed by atoms with van der Waals surface area (Å²) in [5, 5.41) is 0. The zero-order chi connectivity index (χ0) is 14.5. The van der Waals surface area contributed by atoms with E-state index in [4.69, 9.17) is 4.74 Å². The summed E-state index contributed by atoms with van der Waals surface area (Å²) >= 11 is 0. The molecule has 0 N–H and O–H groups in total. The number of anilines is 1. The molecule has 0 bridgehead atoms. The van der Waals surface area contributed by atoms with Gasteiger partial charge in [-0.15, -0.1) is 0 Å². The highest BCUT2D eigenvalue weighted by atomic mass is 16.5. The molecule has 0 fully saturated rings. The van der Waals surface area contributed by atoms with Crippen molar-refractivity contribution in [3.8, 4) is 5.75 Å². The Morgan fingerprint density at radius 1 is 0.950 bits per heavy atom. The van der Waals surface area contributed by atoms with Crippen molar-refractivity contribution in [1.29, 1.82) is 0 Å². The summed E-state index contributed by atoms with van der Waals surface area (Å²) in [4.78, 5) is 2.26. The van der Waals surface area contributed by atoms with E-state index >= 15 is 0 Å². The van der Waals surface area contributed by atoms with Gasteiger partial charge in [0.05, 0.1) is 0 Å². The van der Waals surface area contributed by atoms with Crippen molar-refractivity contribution >= 4 is 5.69 Å². The van der Waals surface area contributed by atoms with Gasteiger partial charge < -0.3 is 9.64 Å². The third-order valence-electron chi connectivity index (χ3n) is 3.56. The minimum atomic E-state index is 0.00204. The van der Waals surface area contributed by atoms with Gasteiger partial charge in [-0.2, -0.15) is 0 Å². The highest BCUT2D eigenvalue weighted by Gasteiger charge is 2.15. The maximum atomic E-state index is 6.21. The second-order valence-electron chi connectivity index (χ2n) is 5.06. The molecule has 0 aliphatic rings. The molecule has 2 aromatic rings. The van der Waals surface area contributed by atoms with Gasteiger partial charge in [-0.05, 0) is 51.0 Å². The van der Waals surface area contributed by atoms with E-state index in [2.05, 4.69) is 75.1 Å². The van der Waals surface area contributed by atoms with Crippen LogP contribution in [-0.2, 0) is 0 Å². The zero-order valence-corrected chi connectivity index (χ0v) is 12.8. The number of benzene rings is 2. The van der Waals surface area contributed by atoms with Crippen LogP contribution in [0, 0.1) is 13.8 Å². The number of nitrogens with zero attached hydrogens (tertiary/aromatic N) is 1.